The Hall–Kier alpha value is -1.82. The van der Waals surface area contributed by atoms with Crippen molar-refractivity contribution in [1.29, 1.82) is 0 Å². The van der Waals surface area contributed by atoms with Gasteiger partial charge in [-0.2, -0.15) is 0 Å². The minimum atomic E-state index is -1.95. The van der Waals surface area contributed by atoms with Gasteiger partial charge in [-0.15, -0.1) is 0 Å². The summed E-state index contributed by atoms with van der Waals surface area (Å²) in [4.78, 5) is 28.0. The second kappa shape index (κ2) is 16.0. The number of ketones is 1. The minimum Gasteiger partial charge on any atom is -0.459 e. The Labute approximate surface area is 360 Å². The van der Waals surface area contributed by atoms with Crippen molar-refractivity contribution in [1.82, 2.24) is 0 Å². The third-order valence-corrected chi connectivity index (χ3v) is 15.9. The lowest BCUT2D eigenvalue weighted by molar-refractivity contribution is -0.359. The van der Waals surface area contributed by atoms with Crippen molar-refractivity contribution in [3.05, 3.63) is 23.8 Å². The van der Waals surface area contributed by atoms with Gasteiger partial charge in [0.1, 0.15) is 48.3 Å². The van der Waals surface area contributed by atoms with Gasteiger partial charge in [-0.05, 0) is 97.8 Å². The molecule has 9 rings (SSSR count). The highest BCUT2D eigenvalue weighted by molar-refractivity contribution is 5.86. The van der Waals surface area contributed by atoms with Crippen molar-refractivity contribution in [2.24, 2.45) is 17.8 Å². The Kier molecular flexibility index (Phi) is 11.6. The molecule has 8 saturated heterocycles. The molecule has 10 bridgehead atoms. The maximum atomic E-state index is 14.1. The molecule has 0 saturated carbocycles. The van der Waals surface area contributed by atoms with Crippen molar-refractivity contribution < 1.29 is 67.5 Å². The van der Waals surface area contributed by atoms with Crippen LogP contribution in [0, 0.1) is 17.8 Å². The van der Waals surface area contributed by atoms with Crippen LogP contribution in [0.2, 0.25) is 0 Å². The van der Waals surface area contributed by atoms with Crippen LogP contribution in [0.25, 0.3) is 0 Å². The molecule has 0 aromatic carbocycles. The first kappa shape index (κ1) is 44.4. The summed E-state index contributed by atoms with van der Waals surface area (Å²) in [6.45, 7) is 14.1. The second-order valence-electron chi connectivity index (χ2n) is 21.3. The van der Waals surface area contributed by atoms with E-state index in [1.807, 2.05) is 26.0 Å². The van der Waals surface area contributed by atoms with Crippen molar-refractivity contribution in [2.45, 2.75) is 234 Å². The fourth-order valence-electron chi connectivity index (χ4n) is 12.5. The quantitative estimate of drug-likeness (QED) is 0.291. The molecule has 61 heavy (non-hydrogen) atoms. The van der Waals surface area contributed by atoms with E-state index in [1.165, 1.54) is 0 Å². The van der Waals surface area contributed by atoms with E-state index in [1.54, 1.807) is 13.8 Å². The normalized spacial score (nSPS) is 55.2. The molecule has 9 heterocycles. The average Bonchev–Trinajstić information content (AvgIpc) is 4.02. The highest BCUT2D eigenvalue weighted by atomic mass is 16.8. The Morgan fingerprint density at radius 3 is 2.34 bits per heavy atom. The molecular formula is C47H70O14. The number of carbonyl (C=O) groups excluding carboxylic acids is 2. The van der Waals surface area contributed by atoms with E-state index in [0.29, 0.717) is 44.9 Å². The summed E-state index contributed by atoms with van der Waals surface area (Å²) in [7, 11) is 0. The highest BCUT2D eigenvalue weighted by Gasteiger charge is 2.65. The molecule has 0 unspecified atom stereocenters. The molecule has 9 aliphatic rings. The summed E-state index contributed by atoms with van der Waals surface area (Å²) in [6, 6.07) is 0. The molecule has 2 spiro atoms. The number of allylic oxidation sites excluding steroid dienone is 3. The molecule has 0 aromatic rings. The molecular weight excluding hydrogens is 789 g/mol. The van der Waals surface area contributed by atoms with E-state index in [2.05, 4.69) is 26.8 Å². The van der Waals surface area contributed by atoms with Crippen LogP contribution in [-0.2, 0) is 52.2 Å². The molecule has 9 aliphatic heterocycles. The maximum absolute atomic E-state index is 14.1. The fourth-order valence-corrected chi connectivity index (χ4v) is 12.5. The van der Waals surface area contributed by atoms with Crippen LogP contribution < -0.4 is 0 Å². The SMILES string of the molecule is C/C1=C/[C@@H](C)C[C@]2(C)CC[C@H](O2)[C@]23CC[C@](C)(C[C@H](O2)[C@@H]2O[C@@](C)(CC2=O)[C@@H](O)[C@H]2CC[C@@]4(CCC[C@@H](O4)[C@H](C)C(=O)O[C@H]4C[C@H]([C@]5(O)OCC[C@H](C)[C@@H]5O)O[C@H]4C=C1)O2)O3. The lowest BCUT2D eigenvalue weighted by Gasteiger charge is -2.47. The number of rotatable bonds is 1. The predicted molar refractivity (Wildman–Crippen MR) is 218 cm³/mol. The smallest absolute Gasteiger partial charge is 0.311 e. The molecule has 14 nitrogen and oxygen atoms in total. The largest absolute Gasteiger partial charge is 0.459 e. The van der Waals surface area contributed by atoms with E-state index in [9.17, 15) is 24.9 Å². The number of hydrogen-bond donors (Lipinski definition) is 3. The summed E-state index contributed by atoms with van der Waals surface area (Å²) in [6.07, 6.45) is 6.36. The number of esters is 1. The van der Waals surface area contributed by atoms with Gasteiger partial charge >= 0.3 is 5.97 Å². The lowest BCUT2D eigenvalue weighted by Crippen LogP contribution is -2.59. The van der Waals surface area contributed by atoms with Gasteiger partial charge in [0.15, 0.2) is 17.4 Å². The zero-order valence-corrected chi connectivity index (χ0v) is 37.2. The number of ether oxygens (including phenoxy) is 9. The Balaban J connectivity index is 1.00. The van der Waals surface area contributed by atoms with Crippen LogP contribution in [-0.4, -0.2) is 129 Å². The van der Waals surface area contributed by atoms with Crippen molar-refractivity contribution in [3.8, 4) is 0 Å². The Morgan fingerprint density at radius 1 is 0.754 bits per heavy atom. The van der Waals surface area contributed by atoms with Crippen LogP contribution in [0.15, 0.2) is 23.8 Å². The van der Waals surface area contributed by atoms with E-state index in [4.69, 9.17) is 42.6 Å². The van der Waals surface area contributed by atoms with Gasteiger partial charge in [0.25, 0.3) is 0 Å². The van der Waals surface area contributed by atoms with Crippen LogP contribution in [0.4, 0.5) is 0 Å². The third-order valence-electron chi connectivity index (χ3n) is 15.9. The zero-order valence-electron chi connectivity index (χ0n) is 37.2. The number of aliphatic hydroxyl groups excluding tert-OH is 2. The summed E-state index contributed by atoms with van der Waals surface area (Å²) in [5.74, 6) is -5.28. The first-order chi connectivity index (χ1) is 28.7. The predicted octanol–water partition coefficient (Wildman–Crippen LogP) is 5.25. The van der Waals surface area contributed by atoms with Crippen molar-refractivity contribution in [3.63, 3.8) is 0 Å². The summed E-state index contributed by atoms with van der Waals surface area (Å²) in [5, 5.41) is 34.8. The van der Waals surface area contributed by atoms with Crippen LogP contribution in [0.5, 0.6) is 0 Å². The summed E-state index contributed by atoms with van der Waals surface area (Å²) in [5.41, 5.74) is -1.17. The molecule has 342 valence electrons. The first-order valence-corrected chi connectivity index (χ1v) is 23.3. The standard InChI is InChI=1S/C47H70O14/c1-26-10-11-32-34(22-37(54-32)47(52)39(49)28(3)14-20-53-47)55-41(51)29(4)31-9-8-15-45(56-31)17-12-33(57-45)40(50)44(7)24-30(48)38(60-44)35-25-43(6)18-19-46(58-35,61-43)36-13-16-42(5,59-36)23-27(2)21-26/h10-11,21,27-29,31-40,49-50,52H,8-9,12-20,22-25H2,1-7H3/b11-10?,26-21-/t27-,28+,29+,31-,32+,33-,34+,35+,36+,37-,38-,39+,40+,42+,43-,44+,45-,46-,47+/m1/s1. The summed E-state index contributed by atoms with van der Waals surface area (Å²) >= 11 is 0. The minimum absolute atomic E-state index is 0.0222. The number of carbonyl (C=O) groups is 2. The van der Waals surface area contributed by atoms with Gasteiger partial charge in [0, 0.05) is 38.5 Å². The van der Waals surface area contributed by atoms with Crippen LogP contribution in [0.1, 0.15) is 138 Å². The van der Waals surface area contributed by atoms with E-state index in [0.717, 1.165) is 37.7 Å². The van der Waals surface area contributed by atoms with Crippen molar-refractivity contribution in [2.75, 3.05) is 6.61 Å². The van der Waals surface area contributed by atoms with E-state index >= 15 is 0 Å². The first-order valence-electron chi connectivity index (χ1n) is 23.3. The van der Waals surface area contributed by atoms with Gasteiger partial charge < -0.3 is 58.0 Å². The molecule has 8 fully saturated rings. The van der Waals surface area contributed by atoms with E-state index < -0.39 is 101 Å². The molecule has 14 heteroatoms. The topological polar surface area (TPSA) is 178 Å². The lowest BCUT2D eigenvalue weighted by atomic mass is 9.87. The fraction of sp³-hybridized carbons (Fsp3) is 0.872. The Morgan fingerprint density at radius 2 is 1.54 bits per heavy atom. The van der Waals surface area contributed by atoms with Gasteiger partial charge in [-0.25, -0.2) is 0 Å². The maximum Gasteiger partial charge on any atom is 0.311 e. The number of fused-ring (bicyclic) bond motifs is 10. The van der Waals surface area contributed by atoms with Gasteiger partial charge in [0.05, 0.1) is 42.0 Å². The molecule has 0 radical (unpaired) electrons. The molecule has 0 aliphatic carbocycles. The number of aliphatic hydroxyl groups is 3. The monoisotopic (exact) mass is 858 g/mol. The van der Waals surface area contributed by atoms with Gasteiger partial charge in [-0.3, -0.25) is 9.59 Å². The second-order valence-corrected chi connectivity index (χ2v) is 21.3. The zero-order chi connectivity index (χ0) is 43.3. The average molecular weight is 859 g/mol. The summed E-state index contributed by atoms with van der Waals surface area (Å²) < 4.78 is 59.0. The molecule has 3 N–H and O–H groups in total. The Bertz CT molecular complexity index is 1750. The highest BCUT2D eigenvalue weighted by Crippen LogP contribution is 2.55. The molecule has 19 atom stereocenters. The van der Waals surface area contributed by atoms with E-state index in [-0.39, 0.29) is 43.2 Å². The molecule has 0 amide bonds. The molecule has 0 aromatic heterocycles. The van der Waals surface area contributed by atoms with Gasteiger partial charge in [-0.1, -0.05) is 37.6 Å². The number of Topliss-reactive ketones (excluding diaryl/α,β-unsaturated/α-hetero) is 1. The van der Waals surface area contributed by atoms with Crippen molar-refractivity contribution >= 4 is 11.8 Å². The number of hydrogen-bond acceptors (Lipinski definition) is 14. The van der Waals surface area contributed by atoms with Crippen LogP contribution >= 0.6 is 0 Å². The van der Waals surface area contributed by atoms with Crippen LogP contribution in [0.3, 0.4) is 0 Å². The third kappa shape index (κ3) is 8.14. The van der Waals surface area contributed by atoms with Gasteiger partial charge in [0.2, 0.25) is 5.79 Å².